The standard InChI is InChI=1S/C25H28F3N9O/c1-2-21(38)37-18-5-6-19(37)15-35(14-18)22-20-12-32-24(36(20)9-7-29-22)34-8-3-4-17(13-34)33-23-30-10-16(11-31-23)25(26,27)28/h2,7,9-12,17-19H,1,3-6,8,13-15H2,(H,30,31,33)/t17-,18?,19?/m1/s1. The number of hydrogen-bond acceptors (Lipinski definition) is 8. The molecule has 2 bridgehead atoms. The Morgan fingerprint density at radius 1 is 1.00 bits per heavy atom. The molecule has 3 aliphatic heterocycles. The van der Waals surface area contributed by atoms with E-state index in [9.17, 15) is 18.0 Å². The van der Waals surface area contributed by atoms with Gasteiger partial charge in [0.2, 0.25) is 17.8 Å². The molecule has 10 nitrogen and oxygen atoms in total. The Morgan fingerprint density at radius 2 is 1.74 bits per heavy atom. The molecule has 13 heteroatoms. The van der Waals surface area contributed by atoms with Gasteiger partial charge in [0.15, 0.2) is 5.82 Å². The van der Waals surface area contributed by atoms with Gasteiger partial charge in [-0.25, -0.2) is 19.9 Å². The number of amides is 1. The highest BCUT2D eigenvalue weighted by Crippen LogP contribution is 2.34. The minimum absolute atomic E-state index is 0.00934. The minimum Gasteiger partial charge on any atom is -0.351 e. The summed E-state index contributed by atoms with van der Waals surface area (Å²) in [6, 6.07) is 0.246. The molecule has 0 radical (unpaired) electrons. The zero-order valence-electron chi connectivity index (χ0n) is 20.7. The van der Waals surface area contributed by atoms with Gasteiger partial charge in [0, 0.05) is 69.1 Å². The Morgan fingerprint density at radius 3 is 2.42 bits per heavy atom. The molecule has 38 heavy (non-hydrogen) atoms. The number of fused-ring (bicyclic) bond motifs is 3. The van der Waals surface area contributed by atoms with Crippen LogP contribution in [0.4, 0.5) is 30.9 Å². The molecule has 1 amide bonds. The second kappa shape index (κ2) is 9.44. The van der Waals surface area contributed by atoms with Crippen LogP contribution in [0, 0.1) is 0 Å². The van der Waals surface area contributed by atoms with E-state index in [-0.39, 0.29) is 30.0 Å². The average Bonchev–Trinajstić information content (AvgIpc) is 3.46. The van der Waals surface area contributed by atoms with Crippen LogP contribution in [0.5, 0.6) is 0 Å². The number of nitrogens with zero attached hydrogens (tertiary/aromatic N) is 8. The molecule has 1 N–H and O–H groups in total. The number of hydrogen-bond donors (Lipinski definition) is 1. The number of halogens is 3. The van der Waals surface area contributed by atoms with E-state index >= 15 is 0 Å². The van der Waals surface area contributed by atoms with Crippen LogP contribution < -0.4 is 15.1 Å². The molecule has 3 aromatic heterocycles. The topological polar surface area (TPSA) is 94.8 Å². The first-order valence-corrected chi connectivity index (χ1v) is 12.7. The van der Waals surface area contributed by atoms with E-state index in [0.717, 1.165) is 61.9 Å². The fraction of sp³-hybridized carbons (Fsp3) is 0.480. The Bertz CT molecular complexity index is 1330. The summed E-state index contributed by atoms with van der Waals surface area (Å²) < 4.78 is 40.5. The molecule has 0 aromatic carbocycles. The minimum atomic E-state index is -4.47. The number of rotatable bonds is 5. The zero-order valence-corrected chi connectivity index (χ0v) is 20.7. The molecule has 6 rings (SSSR count). The highest BCUT2D eigenvalue weighted by molar-refractivity contribution is 5.88. The van der Waals surface area contributed by atoms with Crippen molar-refractivity contribution in [3.8, 4) is 0 Å². The number of nitrogens with one attached hydrogen (secondary N) is 1. The van der Waals surface area contributed by atoms with Crippen LogP contribution in [0.25, 0.3) is 5.52 Å². The van der Waals surface area contributed by atoms with Gasteiger partial charge < -0.3 is 20.0 Å². The van der Waals surface area contributed by atoms with Crippen molar-refractivity contribution >= 4 is 29.1 Å². The van der Waals surface area contributed by atoms with Gasteiger partial charge in [0.05, 0.1) is 11.8 Å². The number of piperidine rings is 1. The summed E-state index contributed by atoms with van der Waals surface area (Å²) in [6.07, 6.45) is 7.68. The van der Waals surface area contributed by atoms with Gasteiger partial charge in [-0.1, -0.05) is 6.58 Å². The fourth-order valence-electron chi connectivity index (χ4n) is 5.93. The van der Waals surface area contributed by atoms with Crippen molar-refractivity contribution in [2.75, 3.05) is 41.3 Å². The lowest BCUT2D eigenvalue weighted by Crippen LogP contribution is -2.55. The van der Waals surface area contributed by atoms with Crippen molar-refractivity contribution in [2.24, 2.45) is 0 Å². The van der Waals surface area contributed by atoms with Crippen molar-refractivity contribution in [1.29, 1.82) is 0 Å². The first-order valence-electron chi connectivity index (χ1n) is 12.7. The number of anilines is 3. The van der Waals surface area contributed by atoms with Crippen LogP contribution in [0.15, 0.2) is 43.6 Å². The maximum Gasteiger partial charge on any atom is 0.419 e. The van der Waals surface area contributed by atoms with Crippen molar-refractivity contribution in [1.82, 2.24) is 29.2 Å². The zero-order chi connectivity index (χ0) is 26.4. The Kier molecular flexibility index (Phi) is 6.07. The molecule has 3 aliphatic rings. The van der Waals surface area contributed by atoms with Gasteiger partial charge in [-0.3, -0.25) is 9.20 Å². The third-order valence-corrected chi connectivity index (χ3v) is 7.65. The molecule has 200 valence electrons. The largest absolute Gasteiger partial charge is 0.419 e. The van der Waals surface area contributed by atoms with Crippen molar-refractivity contribution in [3.63, 3.8) is 0 Å². The summed E-state index contributed by atoms with van der Waals surface area (Å²) in [5.74, 6) is 1.79. The van der Waals surface area contributed by atoms with Crippen LogP contribution >= 0.6 is 0 Å². The lowest BCUT2D eigenvalue weighted by atomic mass is 10.1. The Labute approximate surface area is 217 Å². The highest BCUT2D eigenvalue weighted by atomic mass is 19.4. The van der Waals surface area contributed by atoms with E-state index < -0.39 is 11.7 Å². The maximum atomic E-state index is 12.8. The summed E-state index contributed by atoms with van der Waals surface area (Å²) in [5, 5.41) is 3.17. The first-order chi connectivity index (χ1) is 18.3. The van der Waals surface area contributed by atoms with Gasteiger partial charge in [0.1, 0.15) is 5.52 Å². The molecule has 3 fully saturated rings. The summed E-state index contributed by atoms with van der Waals surface area (Å²) >= 11 is 0. The van der Waals surface area contributed by atoms with E-state index in [1.165, 1.54) is 6.08 Å². The van der Waals surface area contributed by atoms with Crippen molar-refractivity contribution in [3.05, 3.63) is 49.2 Å². The molecule has 3 aromatic rings. The summed E-state index contributed by atoms with van der Waals surface area (Å²) in [7, 11) is 0. The molecule has 0 saturated carbocycles. The van der Waals surface area contributed by atoms with Gasteiger partial charge >= 0.3 is 6.18 Å². The number of piperazine rings is 1. The van der Waals surface area contributed by atoms with Crippen LogP contribution in [0.1, 0.15) is 31.2 Å². The molecule has 3 atom stereocenters. The molecule has 2 unspecified atom stereocenters. The third-order valence-electron chi connectivity index (χ3n) is 7.65. The SMILES string of the molecule is C=CC(=O)N1C2CCC1CN(c1nccn3c(N4CCC[C@@H](Nc5ncc(C(F)(F)F)cn5)C4)ncc13)C2. The van der Waals surface area contributed by atoms with E-state index in [4.69, 9.17) is 4.98 Å². The Balaban J connectivity index is 1.18. The van der Waals surface area contributed by atoms with E-state index in [0.29, 0.717) is 19.6 Å². The normalized spacial score (nSPS) is 23.7. The van der Waals surface area contributed by atoms with E-state index in [1.807, 2.05) is 21.7 Å². The fourth-order valence-corrected chi connectivity index (χ4v) is 5.93. The van der Waals surface area contributed by atoms with E-state index in [2.05, 4.69) is 36.6 Å². The predicted molar refractivity (Wildman–Crippen MR) is 135 cm³/mol. The van der Waals surface area contributed by atoms with Crippen molar-refractivity contribution in [2.45, 2.75) is 50.0 Å². The Hall–Kier alpha value is -3.90. The lowest BCUT2D eigenvalue weighted by molar-refractivity contribution is -0.138. The van der Waals surface area contributed by atoms with Gasteiger partial charge in [-0.15, -0.1) is 0 Å². The number of carbonyl (C=O) groups is 1. The first kappa shape index (κ1) is 24.4. The van der Waals surface area contributed by atoms with E-state index in [1.54, 1.807) is 6.20 Å². The second-order valence-electron chi connectivity index (χ2n) is 10.0. The maximum absolute atomic E-state index is 12.8. The molecular formula is C25H28F3N9O. The highest BCUT2D eigenvalue weighted by Gasteiger charge is 2.42. The van der Waals surface area contributed by atoms with Gasteiger partial charge in [0.25, 0.3) is 0 Å². The average molecular weight is 528 g/mol. The predicted octanol–water partition coefficient (Wildman–Crippen LogP) is 2.98. The molecule has 3 saturated heterocycles. The number of alkyl halides is 3. The summed E-state index contributed by atoms with van der Waals surface area (Å²) in [4.78, 5) is 35.8. The number of imidazole rings is 1. The third kappa shape index (κ3) is 4.39. The molecular weight excluding hydrogens is 499 g/mol. The lowest BCUT2D eigenvalue weighted by Gasteiger charge is -2.41. The van der Waals surface area contributed by atoms with Gasteiger partial charge in [-0.2, -0.15) is 13.2 Å². The van der Waals surface area contributed by atoms with Crippen LogP contribution in [0.2, 0.25) is 0 Å². The van der Waals surface area contributed by atoms with Crippen LogP contribution in [-0.2, 0) is 11.0 Å². The molecule has 6 heterocycles. The molecule has 0 aliphatic carbocycles. The van der Waals surface area contributed by atoms with Crippen LogP contribution in [-0.4, -0.2) is 79.4 Å². The second-order valence-corrected chi connectivity index (χ2v) is 10.0. The quantitative estimate of drug-likeness (QED) is 0.507. The van der Waals surface area contributed by atoms with Crippen molar-refractivity contribution < 1.29 is 18.0 Å². The summed E-state index contributed by atoms with van der Waals surface area (Å²) in [6.45, 7) is 6.49. The van der Waals surface area contributed by atoms with Crippen LogP contribution in [0.3, 0.4) is 0 Å². The summed E-state index contributed by atoms with van der Waals surface area (Å²) in [5.41, 5.74) is 0.0230. The molecule has 0 spiro atoms. The van der Waals surface area contributed by atoms with Gasteiger partial charge in [-0.05, 0) is 31.8 Å². The smallest absolute Gasteiger partial charge is 0.351 e. The number of carbonyl (C=O) groups excluding carboxylic acids is 1. The monoisotopic (exact) mass is 527 g/mol. The number of aromatic nitrogens is 5.